The Labute approximate surface area is 329 Å². The summed E-state index contributed by atoms with van der Waals surface area (Å²) < 4.78 is 29.5. The highest BCUT2D eigenvalue weighted by Crippen LogP contribution is 2.35. The van der Waals surface area contributed by atoms with E-state index in [9.17, 15) is 4.39 Å². The Bertz CT molecular complexity index is 2780. The largest absolute Gasteiger partial charge is 0.397 e. The van der Waals surface area contributed by atoms with Gasteiger partial charge in [-0.1, -0.05) is 77.0 Å². The van der Waals surface area contributed by atoms with E-state index in [0.29, 0.717) is 36.6 Å². The molecule has 0 amide bonds. The molecule has 0 bridgehead atoms. The summed E-state index contributed by atoms with van der Waals surface area (Å²) in [6.07, 6.45) is 3.62. The van der Waals surface area contributed by atoms with Crippen molar-refractivity contribution in [2.45, 2.75) is 54.3 Å². The number of nitrogens with two attached hydrogens (primary N) is 1. The maximum atomic E-state index is 14.7. The van der Waals surface area contributed by atoms with E-state index in [1.54, 1.807) is 6.20 Å². The zero-order valence-electron chi connectivity index (χ0n) is 32.4. The fraction of sp³-hybridized carbons (Fsp3) is 0.178. The van der Waals surface area contributed by atoms with Gasteiger partial charge < -0.3 is 29.2 Å². The van der Waals surface area contributed by atoms with Gasteiger partial charge in [-0.15, -0.1) is 0 Å². The molecular formula is C45H42FN9O2. The van der Waals surface area contributed by atoms with Crippen LogP contribution in [0.4, 0.5) is 16.0 Å². The van der Waals surface area contributed by atoms with E-state index < -0.39 is 0 Å². The summed E-state index contributed by atoms with van der Waals surface area (Å²) >= 11 is 0. The molecule has 286 valence electrons. The highest BCUT2D eigenvalue weighted by molar-refractivity contribution is 5.94. The normalized spacial score (nSPS) is 11.3. The van der Waals surface area contributed by atoms with Crippen LogP contribution >= 0.6 is 0 Å². The molecule has 4 aromatic carbocycles. The smallest absolute Gasteiger partial charge is 0.204 e. The summed E-state index contributed by atoms with van der Waals surface area (Å²) in [5.74, 6) is 2.67. The summed E-state index contributed by atoms with van der Waals surface area (Å²) in [6, 6.07) is 31.9. The minimum Gasteiger partial charge on any atom is -0.397 e. The summed E-state index contributed by atoms with van der Waals surface area (Å²) in [4.78, 5) is 13.5. The van der Waals surface area contributed by atoms with Crippen LogP contribution in [0.25, 0.3) is 44.3 Å². The van der Waals surface area contributed by atoms with Crippen LogP contribution in [0.15, 0.2) is 119 Å². The Balaban J connectivity index is 0.000000165. The number of fused-ring (bicyclic) bond motifs is 2. The van der Waals surface area contributed by atoms with Crippen LogP contribution < -0.4 is 11.1 Å². The van der Waals surface area contributed by atoms with Gasteiger partial charge in [0, 0.05) is 36.6 Å². The fourth-order valence-corrected chi connectivity index (χ4v) is 7.34. The van der Waals surface area contributed by atoms with Crippen molar-refractivity contribution >= 4 is 33.7 Å². The number of aryl methyl sites for hydroxylation is 5. The van der Waals surface area contributed by atoms with Crippen LogP contribution in [0.3, 0.4) is 0 Å². The van der Waals surface area contributed by atoms with Gasteiger partial charge in [-0.2, -0.15) is 0 Å². The van der Waals surface area contributed by atoms with E-state index in [1.165, 1.54) is 11.6 Å². The number of hydrogen-bond donors (Lipinski definition) is 2. The first-order chi connectivity index (χ1) is 27.6. The quantitative estimate of drug-likeness (QED) is 0.138. The molecule has 0 unspecified atom stereocenters. The number of benzene rings is 4. The minimum absolute atomic E-state index is 0.331. The standard InChI is InChI=1S/C25H24N6O.C20H18FN3O/c1-16-23(17(2)32-30-16)20-11-21(26)24-22(12-20)31(15-18-7-4-3-5-8-18)25(29-24)28-14-19-9-6-10-27-13-19;1-12-19(13(2)25-23-12)16-9-17(21)20-18(10-16)24(14(3)22-20)11-15-7-5-4-6-8-15/h3-13H,14-15,26H2,1-2H3,(H,28,29);4-10H,11H2,1-3H3. The zero-order valence-corrected chi connectivity index (χ0v) is 32.4. The highest BCUT2D eigenvalue weighted by atomic mass is 19.1. The van der Waals surface area contributed by atoms with Crippen molar-refractivity contribution in [2.24, 2.45) is 0 Å². The molecule has 9 rings (SSSR count). The summed E-state index contributed by atoms with van der Waals surface area (Å²) in [5, 5.41) is 11.6. The van der Waals surface area contributed by atoms with E-state index >= 15 is 0 Å². The van der Waals surface area contributed by atoms with Crippen LogP contribution in [-0.2, 0) is 19.6 Å². The molecule has 0 fully saturated rings. The number of halogens is 1. The van der Waals surface area contributed by atoms with E-state index in [-0.39, 0.29) is 5.82 Å². The van der Waals surface area contributed by atoms with Gasteiger partial charge in [-0.3, -0.25) is 4.98 Å². The maximum absolute atomic E-state index is 14.7. The van der Waals surface area contributed by atoms with Gasteiger partial charge in [0.2, 0.25) is 5.95 Å². The molecule has 0 saturated carbocycles. The second-order valence-corrected chi connectivity index (χ2v) is 14.1. The van der Waals surface area contributed by atoms with Crippen LogP contribution in [0.1, 0.15) is 45.4 Å². The molecule has 9 aromatic rings. The number of rotatable bonds is 9. The Kier molecular flexibility index (Phi) is 10.1. The molecule has 57 heavy (non-hydrogen) atoms. The lowest BCUT2D eigenvalue weighted by molar-refractivity contribution is 0.393. The van der Waals surface area contributed by atoms with E-state index in [0.717, 1.165) is 78.9 Å². The van der Waals surface area contributed by atoms with Gasteiger partial charge in [-0.05, 0) is 92.8 Å². The third-order valence-electron chi connectivity index (χ3n) is 10.1. The van der Waals surface area contributed by atoms with Crippen molar-refractivity contribution in [1.29, 1.82) is 0 Å². The first kappa shape index (κ1) is 36.9. The number of imidazole rings is 2. The van der Waals surface area contributed by atoms with Crippen molar-refractivity contribution in [3.63, 3.8) is 0 Å². The third kappa shape index (κ3) is 7.49. The van der Waals surface area contributed by atoms with Gasteiger partial charge in [0.15, 0.2) is 5.82 Å². The number of pyridine rings is 1. The van der Waals surface area contributed by atoms with E-state index in [2.05, 4.69) is 60.5 Å². The monoisotopic (exact) mass is 759 g/mol. The molecule has 0 aliphatic rings. The predicted octanol–water partition coefficient (Wildman–Crippen LogP) is 9.75. The highest BCUT2D eigenvalue weighted by Gasteiger charge is 2.20. The first-order valence-corrected chi connectivity index (χ1v) is 18.7. The number of hydrogen-bond acceptors (Lipinski definition) is 9. The number of nitrogens with zero attached hydrogens (tertiary/aromatic N) is 7. The molecule has 0 radical (unpaired) electrons. The lowest BCUT2D eigenvalue weighted by Gasteiger charge is -2.12. The maximum Gasteiger partial charge on any atom is 0.204 e. The van der Waals surface area contributed by atoms with Crippen LogP contribution in [0.5, 0.6) is 0 Å². The van der Waals surface area contributed by atoms with Crippen LogP contribution in [0, 0.1) is 40.4 Å². The first-order valence-electron chi connectivity index (χ1n) is 18.7. The van der Waals surface area contributed by atoms with Crippen LogP contribution in [-0.4, -0.2) is 34.4 Å². The number of aromatic nitrogens is 7. The molecule has 3 N–H and O–H groups in total. The molecule has 0 spiro atoms. The molecule has 0 aliphatic carbocycles. The topological polar surface area (TPSA) is 139 Å². The van der Waals surface area contributed by atoms with Crippen molar-refractivity contribution in [3.05, 3.63) is 161 Å². The lowest BCUT2D eigenvalue weighted by atomic mass is 10.0. The van der Waals surface area contributed by atoms with Gasteiger partial charge in [0.1, 0.15) is 28.4 Å². The van der Waals surface area contributed by atoms with E-state index in [1.807, 2.05) is 106 Å². The van der Waals surface area contributed by atoms with E-state index in [4.69, 9.17) is 19.8 Å². The second kappa shape index (κ2) is 15.6. The molecule has 0 atom stereocenters. The molecule has 5 heterocycles. The Hall–Kier alpha value is -7.08. The minimum atomic E-state index is -0.331. The van der Waals surface area contributed by atoms with Crippen molar-refractivity contribution in [3.8, 4) is 22.3 Å². The fourth-order valence-electron chi connectivity index (χ4n) is 7.34. The lowest BCUT2D eigenvalue weighted by Crippen LogP contribution is -2.08. The third-order valence-corrected chi connectivity index (χ3v) is 10.1. The van der Waals surface area contributed by atoms with Gasteiger partial charge in [-0.25, -0.2) is 14.4 Å². The van der Waals surface area contributed by atoms with Gasteiger partial charge in [0.05, 0.1) is 34.7 Å². The van der Waals surface area contributed by atoms with Gasteiger partial charge >= 0.3 is 0 Å². The molecule has 0 saturated heterocycles. The summed E-state index contributed by atoms with van der Waals surface area (Å²) in [5.41, 5.74) is 18.5. The summed E-state index contributed by atoms with van der Waals surface area (Å²) in [6.45, 7) is 11.4. The van der Waals surface area contributed by atoms with Gasteiger partial charge in [0.25, 0.3) is 0 Å². The average Bonchev–Trinajstić information content (AvgIpc) is 3.95. The SMILES string of the molecule is Cc1noc(C)c1-c1cc(F)c2nc(C)n(Cc3ccccc3)c2c1.Cc1noc(C)c1-c1cc(N)c2nc(NCc3cccnc3)n(Cc3ccccc3)c2c1. The second-order valence-electron chi connectivity index (χ2n) is 14.1. The number of nitrogen functional groups attached to an aromatic ring is 1. The molecule has 5 aromatic heterocycles. The Morgan fingerprint density at radius 1 is 0.649 bits per heavy atom. The molecule has 11 nitrogen and oxygen atoms in total. The van der Waals surface area contributed by atoms with Crippen LogP contribution in [0.2, 0.25) is 0 Å². The average molecular weight is 760 g/mol. The van der Waals surface area contributed by atoms with Crippen molar-refractivity contribution in [2.75, 3.05) is 11.1 Å². The van der Waals surface area contributed by atoms with Crippen molar-refractivity contribution < 1.29 is 13.4 Å². The molecule has 0 aliphatic heterocycles. The molecular weight excluding hydrogens is 718 g/mol. The number of nitrogens with one attached hydrogen (secondary N) is 1. The Morgan fingerprint density at radius 2 is 1.21 bits per heavy atom. The predicted molar refractivity (Wildman–Crippen MR) is 221 cm³/mol. The molecule has 12 heteroatoms. The Morgan fingerprint density at radius 3 is 1.77 bits per heavy atom. The van der Waals surface area contributed by atoms with Crippen molar-refractivity contribution in [1.82, 2.24) is 34.4 Å². The number of anilines is 2. The summed E-state index contributed by atoms with van der Waals surface area (Å²) in [7, 11) is 0. The zero-order chi connectivity index (χ0) is 39.6.